The van der Waals surface area contributed by atoms with E-state index < -0.39 is 7.12 Å². The van der Waals surface area contributed by atoms with Crippen LogP contribution in [0.4, 0.5) is 0 Å². The Kier molecular flexibility index (Phi) is 6.32. The first-order valence-electron chi connectivity index (χ1n) is 10.5. The van der Waals surface area contributed by atoms with E-state index in [0.717, 1.165) is 43.9 Å². The summed E-state index contributed by atoms with van der Waals surface area (Å²) in [6.45, 7) is 6.31. The fraction of sp³-hybridized carbons (Fsp3) is 0.391. The molecule has 2 aliphatic heterocycles. The summed E-state index contributed by atoms with van der Waals surface area (Å²) < 4.78 is 5.67. The molecule has 156 valence electrons. The number of carbonyl (C=O) groups excluding carboxylic acids is 2. The average Bonchev–Trinajstić information content (AvgIpc) is 2.74. The molecule has 30 heavy (non-hydrogen) atoms. The molecule has 2 aromatic rings. The van der Waals surface area contributed by atoms with E-state index in [-0.39, 0.29) is 23.8 Å². The summed E-state index contributed by atoms with van der Waals surface area (Å²) >= 11 is 0. The molecule has 0 bridgehead atoms. The number of fused-ring (bicyclic) bond motifs is 1. The van der Waals surface area contributed by atoms with E-state index in [9.17, 15) is 14.6 Å². The topological polar surface area (TPSA) is 78.9 Å². The third-order valence-corrected chi connectivity index (χ3v) is 5.91. The normalized spacial score (nSPS) is 19.1. The third-order valence-electron chi connectivity index (χ3n) is 5.91. The molecule has 0 spiro atoms. The van der Waals surface area contributed by atoms with Gasteiger partial charge in [-0.05, 0) is 36.6 Å². The molecule has 0 aromatic heterocycles. The zero-order valence-corrected chi connectivity index (χ0v) is 17.3. The largest absolute Gasteiger partial charge is 0.535 e. The molecular formula is C23H27BN2O4. The summed E-state index contributed by atoms with van der Waals surface area (Å²) in [7, 11) is -1.11. The van der Waals surface area contributed by atoms with Crippen molar-refractivity contribution in [3.8, 4) is 5.75 Å². The monoisotopic (exact) mass is 406 g/mol. The fourth-order valence-corrected chi connectivity index (χ4v) is 4.26. The van der Waals surface area contributed by atoms with E-state index in [1.54, 1.807) is 6.07 Å². The maximum Gasteiger partial charge on any atom is 0.526 e. The van der Waals surface area contributed by atoms with Crippen LogP contribution in [-0.2, 0) is 13.0 Å². The van der Waals surface area contributed by atoms with Gasteiger partial charge < -0.3 is 15.0 Å². The van der Waals surface area contributed by atoms with Crippen LogP contribution in [0.5, 0.6) is 5.75 Å². The molecule has 0 aliphatic carbocycles. The van der Waals surface area contributed by atoms with Gasteiger partial charge in [-0.25, -0.2) is 0 Å². The number of para-hydroxylation sites is 1. The lowest BCUT2D eigenvalue weighted by molar-refractivity contribution is 0.0971. The van der Waals surface area contributed by atoms with Gasteiger partial charge in [-0.1, -0.05) is 30.3 Å². The van der Waals surface area contributed by atoms with Crippen molar-refractivity contribution in [1.82, 2.24) is 10.2 Å². The molecule has 1 saturated heterocycles. The van der Waals surface area contributed by atoms with Crippen LogP contribution in [0, 0.1) is 0 Å². The van der Waals surface area contributed by atoms with E-state index >= 15 is 0 Å². The minimum Gasteiger partial charge on any atom is -0.535 e. The molecule has 2 heterocycles. The number of carbonyl (C=O) groups is 2. The van der Waals surface area contributed by atoms with Crippen molar-refractivity contribution in [2.75, 3.05) is 26.2 Å². The Balaban J connectivity index is 1.44. The standard InChI is InChI=1S/C23H27BN2O4/c1-16(27)21-7-3-6-19-13-20(24(29)30-23(19)21)14-22(28)18-5-2-4-17(12-18)15-26-10-8-25-9-11-26/h2-7,12,20,25,29H,8-11,13-15H2,1H3/t20-/m1/s1. The lowest BCUT2D eigenvalue weighted by Crippen LogP contribution is -2.42. The van der Waals surface area contributed by atoms with Crippen LogP contribution in [0.25, 0.3) is 0 Å². The van der Waals surface area contributed by atoms with Crippen LogP contribution >= 0.6 is 0 Å². The van der Waals surface area contributed by atoms with E-state index in [1.165, 1.54) is 6.92 Å². The molecule has 6 nitrogen and oxygen atoms in total. The Morgan fingerprint density at radius 1 is 1.20 bits per heavy atom. The van der Waals surface area contributed by atoms with Crippen molar-refractivity contribution in [2.45, 2.75) is 32.1 Å². The molecule has 7 heteroatoms. The van der Waals surface area contributed by atoms with Crippen molar-refractivity contribution < 1.29 is 19.3 Å². The second kappa shape index (κ2) is 9.12. The van der Waals surface area contributed by atoms with Crippen molar-refractivity contribution in [2.24, 2.45) is 0 Å². The highest BCUT2D eigenvalue weighted by Gasteiger charge is 2.37. The van der Waals surface area contributed by atoms with Crippen LogP contribution in [0.15, 0.2) is 42.5 Å². The molecule has 2 N–H and O–H groups in total. The zero-order valence-electron chi connectivity index (χ0n) is 17.3. The average molecular weight is 406 g/mol. The quantitative estimate of drug-likeness (QED) is 0.567. The molecular weight excluding hydrogens is 379 g/mol. The molecule has 2 aliphatic rings. The van der Waals surface area contributed by atoms with Crippen LogP contribution in [0.1, 0.15) is 45.2 Å². The molecule has 1 fully saturated rings. The summed E-state index contributed by atoms with van der Waals surface area (Å²) in [5.41, 5.74) is 3.12. The number of rotatable bonds is 6. The second-order valence-electron chi connectivity index (χ2n) is 8.18. The molecule has 0 amide bonds. The lowest BCUT2D eigenvalue weighted by Gasteiger charge is -2.28. The smallest absolute Gasteiger partial charge is 0.526 e. The number of Topliss-reactive ketones (excluding diaryl/α,β-unsaturated/α-hetero) is 2. The predicted octanol–water partition coefficient (Wildman–Crippen LogP) is 2.35. The van der Waals surface area contributed by atoms with Gasteiger partial charge in [0.1, 0.15) is 5.75 Å². The molecule has 4 rings (SSSR count). The highest BCUT2D eigenvalue weighted by molar-refractivity contribution is 6.47. The van der Waals surface area contributed by atoms with Crippen LogP contribution in [-0.4, -0.2) is 54.8 Å². The minimum absolute atomic E-state index is 0.00372. The number of benzene rings is 2. The van der Waals surface area contributed by atoms with Gasteiger partial charge in [0.25, 0.3) is 0 Å². The summed E-state index contributed by atoms with van der Waals surface area (Å²) in [4.78, 5) is 27.1. The van der Waals surface area contributed by atoms with Gasteiger partial charge in [-0.2, -0.15) is 0 Å². The number of piperazine rings is 1. The van der Waals surface area contributed by atoms with E-state index in [2.05, 4.69) is 16.3 Å². The summed E-state index contributed by atoms with van der Waals surface area (Å²) in [5, 5.41) is 13.8. The minimum atomic E-state index is -1.11. The first-order valence-corrected chi connectivity index (χ1v) is 10.5. The van der Waals surface area contributed by atoms with Crippen molar-refractivity contribution in [1.29, 1.82) is 0 Å². The number of nitrogens with zero attached hydrogens (tertiary/aromatic N) is 1. The Bertz CT molecular complexity index is 943. The first-order chi connectivity index (χ1) is 14.5. The van der Waals surface area contributed by atoms with Crippen LogP contribution in [0.3, 0.4) is 0 Å². The zero-order chi connectivity index (χ0) is 21.1. The maximum absolute atomic E-state index is 12.9. The third kappa shape index (κ3) is 4.64. The Labute approximate surface area is 177 Å². The van der Waals surface area contributed by atoms with Gasteiger partial charge in [0.2, 0.25) is 0 Å². The fourth-order valence-electron chi connectivity index (χ4n) is 4.26. The van der Waals surface area contributed by atoms with Gasteiger partial charge >= 0.3 is 7.12 Å². The van der Waals surface area contributed by atoms with Crippen LogP contribution in [0.2, 0.25) is 5.82 Å². The van der Waals surface area contributed by atoms with Crippen molar-refractivity contribution in [3.63, 3.8) is 0 Å². The Hall–Kier alpha value is -2.48. The van der Waals surface area contributed by atoms with E-state index in [0.29, 0.717) is 23.3 Å². The highest BCUT2D eigenvalue weighted by atomic mass is 16.5. The molecule has 0 saturated carbocycles. The number of ketones is 2. The van der Waals surface area contributed by atoms with Gasteiger partial charge in [-0.15, -0.1) is 0 Å². The summed E-state index contributed by atoms with van der Waals surface area (Å²) in [6, 6.07) is 13.2. The van der Waals surface area contributed by atoms with Crippen molar-refractivity contribution >= 4 is 18.7 Å². The Morgan fingerprint density at radius 3 is 2.73 bits per heavy atom. The van der Waals surface area contributed by atoms with Gasteiger partial charge in [-0.3, -0.25) is 14.5 Å². The van der Waals surface area contributed by atoms with Gasteiger partial charge in [0.15, 0.2) is 11.6 Å². The van der Waals surface area contributed by atoms with E-state index in [1.807, 2.05) is 30.3 Å². The molecule has 0 unspecified atom stereocenters. The SMILES string of the molecule is CC(=O)c1cccc2c1OB(O)[C@@H](CC(=O)c1cccc(CN3CCNCC3)c1)C2. The van der Waals surface area contributed by atoms with Crippen LogP contribution < -0.4 is 9.97 Å². The maximum atomic E-state index is 12.9. The number of hydrogen-bond donors (Lipinski definition) is 2. The number of nitrogens with one attached hydrogen (secondary N) is 1. The van der Waals surface area contributed by atoms with E-state index in [4.69, 9.17) is 4.65 Å². The number of hydrogen-bond acceptors (Lipinski definition) is 6. The Morgan fingerprint density at radius 2 is 1.97 bits per heavy atom. The summed E-state index contributed by atoms with van der Waals surface area (Å²) in [6.07, 6.45) is 0.700. The van der Waals surface area contributed by atoms with Gasteiger partial charge in [0, 0.05) is 50.5 Å². The van der Waals surface area contributed by atoms with Crippen molar-refractivity contribution in [3.05, 3.63) is 64.7 Å². The molecule has 2 aromatic carbocycles. The van der Waals surface area contributed by atoms with Gasteiger partial charge in [0.05, 0.1) is 5.56 Å². The lowest BCUT2D eigenvalue weighted by atomic mass is 9.64. The summed E-state index contributed by atoms with van der Waals surface area (Å²) in [5.74, 6) is -0.00545. The first kappa shape index (κ1) is 20.8. The second-order valence-corrected chi connectivity index (χ2v) is 8.18. The predicted molar refractivity (Wildman–Crippen MR) is 116 cm³/mol. The highest BCUT2D eigenvalue weighted by Crippen LogP contribution is 2.36. The molecule has 0 radical (unpaired) electrons. The molecule has 1 atom stereocenters.